The molecule has 0 saturated heterocycles. The topological polar surface area (TPSA) is 29.1 Å². The van der Waals surface area contributed by atoms with Gasteiger partial charge in [-0.05, 0) is 66.0 Å². The Kier molecular flexibility index (Phi) is 4.05. The van der Waals surface area contributed by atoms with Crippen LogP contribution in [0.3, 0.4) is 0 Å². The van der Waals surface area contributed by atoms with Gasteiger partial charge in [0, 0.05) is 10.0 Å². The molecule has 0 heterocycles. The number of rotatable bonds is 2. The summed E-state index contributed by atoms with van der Waals surface area (Å²) in [5.41, 5.74) is 4.79. The van der Waals surface area contributed by atoms with Crippen LogP contribution in [0, 0.1) is 20.8 Å². The Hall–Kier alpha value is -1.61. The molecule has 0 fully saturated rings. The molecule has 0 aromatic heterocycles. The van der Waals surface area contributed by atoms with Crippen LogP contribution in [-0.2, 0) is 0 Å². The highest BCUT2D eigenvalue weighted by molar-refractivity contribution is 9.10. The SMILES string of the molecule is Cc1cccc(C(=O)Nc2c(C)cc(C)cc2Br)c1. The van der Waals surface area contributed by atoms with Crippen LogP contribution in [0.1, 0.15) is 27.0 Å². The van der Waals surface area contributed by atoms with E-state index in [-0.39, 0.29) is 5.91 Å². The summed E-state index contributed by atoms with van der Waals surface area (Å²) < 4.78 is 0.908. The molecule has 0 saturated carbocycles. The fourth-order valence-corrected chi connectivity index (χ4v) is 2.82. The first kappa shape index (κ1) is 13.8. The average molecular weight is 318 g/mol. The number of benzene rings is 2. The van der Waals surface area contributed by atoms with E-state index in [1.54, 1.807) is 0 Å². The second-order valence-corrected chi connectivity index (χ2v) is 5.62. The number of amides is 1. The molecule has 2 aromatic carbocycles. The molecule has 98 valence electrons. The van der Waals surface area contributed by atoms with E-state index in [0.29, 0.717) is 5.56 Å². The van der Waals surface area contributed by atoms with Gasteiger partial charge < -0.3 is 5.32 Å². The van der Waals surface area contributed by atoms with Crippen LogP contribution in [0.5, 0.6) is 0 Å². The molecule has 0 aliphatic carbocycles. The average Bonchev–Trinajstić information content (AvgIpc) is 2.33. The number of carbonyl (C=O) groups is 1. The van der Waals surface area contributed by atoms with Crippen LogP contribution in [0.25, 0.3) is 0 Å². The van der Waals surface area contributed by atoms with Crippen molar-refractivity contribution in [1.82, 2.24) is 0 Å². The lowest BCUT2D eigenvalue weighted by molar-refractivity contribution is 0.102. The minimum absolute atomic E-state index is 0.0867. The normalized spacial score (nSPS) is 10.3. The van der Waals surface area contributed by atoms with Gasteiger partial charge in [-0.15, -0.1) is 0 Å². The van der Waals surface area contributed by atoms with Gasteiger partial charge in [-0.2, -0.15) is 0 Å². The van der Waals surface area contributed by atoms with Crippen LogP contribution in [0.15, 0.2) is 40.9 Å². The van der Waals surface area contributed by atoms with Crippen molar-refractivity contribution >= 4 is 27.5 Å². The predicted octanol–water partition coefficient (Wildman–Crippen LogP) is 4.63. The second kappa shape index (κ2) is 5.57. The first-order valence-electron chi connectivity index (χ1n) is 6.12. The maximum Gasteiger partial charge on any atom is 0.255 e. The Labute approximate surface area is 122 Å². The third-order valence-corrected chi connectivity index (χ3v) is 3.58. The van der Waals surface area contributed by atoms with Gasteiger partial charge in [0.25, 0.3) is 5.91 Å². The zero-order valence-electron chi connectivity index (χ0n) is 11.3. The van der Waals surface area contributed by atoms with Crippen molar-refractivity contribution in [2.45, 2.75) is 20.8 Å². The number of nitrogens with one attached hydrogen (secondary N) is 1. The smallest absolute Gasteiger partial charge is 0.255 e. The van der Waals surface area contributed by atoms with Gasteiger partial charge in [0.1, 0.15) is 0 Å². The van der Waals surface area contributed by atoms with Crippen molar-refractivity contribution in [2.24, 2.45) is 0 Å². The van der Waals surface area contributed by atoms with Gasteiger partial charge in [-0.25, -0.2) is 0 Å². The molecule has 2 aromatic rings. The molecule has 0 radical (unpaired) electrons. The molecule has 0 spiro atoms. The molecule has 19 heavy (non-hydrogen) atoms. The summed E-state index contributed by atoms with van der Waals surface area (Å²) in [7, 11) is 0. The van der Waals surface area contributed by atoms with Crippen LogP contribution >= 0.6 is 15.9 Å². The molecule has 1 N–H and O–H groups in total. The quantitative estimate of drug-likeness (QED) is 0.859. The summed E-state index contributed by atoms with van der Waals surface area (Å²) >= 11 is 3.50. The third kappa shape index (κ3) is 3.24. The van der Waals surface area contributed by atoms with Crippen molar-refractivity contribution < 1.29 is 4.79 Å². The minimum atomic E-state index is -0.0867. The second-order valence-electron chi connectivity index (χ2n) is 4.76. The molecule has 2 rings (SSSR count). The van der Waals surface area contributed by atoms with E-state index in [1.807, 2.05) is 51.1 Å². The van der Waals surface area contributed by atoms with E-state index in [1.165, 1.54) is 0 Å². The summed E-state index contributed by atoms with van der Waals surface area (Å²) in [6.07, 6.45) is 0. The Morgan fingerprint density at radius 3 is 2.42 bits per heavy atom. The van der Waals surface area contributed by atoms with Crippen molar-refractivity contribution in [2.75, 3.05) is 5.32 Å². The standard InChI is InChI=1S/C16H16BrNO/c1-10-5-4-6-13(8-10)16(19)18-15-12(3)7-11(2)9-14(15)17/h4-9H,1-3H3,(H,18,19). The Bertz CT molecular complexity index is 611. The molecule has 2 nitrogen and oxygen atoms in total. The Morgan fingerprint density at radius 2 is 1.79 bits per heavy atom. The van der Waals surface area contributed by atoms with Crippen molar-refractivity contribution in [1.29, 1.82) is 0 Å². The van der Waals surface area contributed by atoms with Crippen LogP contribution in [0.4, 0.5) is 5.69 Å². The fourth-order valence-electron chi connectivity index (χ4n) is 2.05. The molecule has 3 heteroatoms. The highest BCUT2D eigenvalue weighted by Crippen LogP contribution is 2.28. The molecular formula is C16H16BrNO. The van der Waals surface area contributed by atoms with Crippen molar-refractivity contribution in [3.63, 3.8) is 0 Å². The molecule has 0 atom stereocenters. The van der Waals surface area contributed by atoms with Gasteiger partial charge in [0.15, 0.2) is 0 Å². The maximum absolute atomic E-state index is 12.2. The predicted molar refractivity (Wildman–Crippen MR) is 82.7 cm³/mol. The van der Waals surface area contributed by atoms with Gasteiger partial charge in [-0.3, -0.25) is 4.79 Å². The monoisotopic (exact) mass is 317 g/mol. The van der Waals surface area contributed by atoms with Gasteiger partial charge in [-0.1, -0.05) is 23.8 Å². The lowest BCUT2D eigenvalue weighted by atomic mass is 10.1. The van der Waals surface area contributed by atoms with Crippen LogP contribution < -0.4 is 5.32 Å². The first-order valence-corrected chi connectivity index (χ1v) is 6.91. The summed E-state index contributed by atoms with van der Waals surface area (Å²) in [5.74, 6) is -0.0867. The van der Waals surface area contributed by atoms with E-state index in [0.717, 1.165) is 26.9 Å². The first-order chi connectivity index (χ1) is 8.97. The largest absolute Gasteiger partial charge is 0.321 e. The highest BCUT2D eigenvalue weighted by Gasteiger charge is 2.10. The van der Waals surface area contributed by atoms with E-state index in [9.17, 15) is 4.79 Å². The van der Waals surface area contributed by atoms with Gasteiger partial charge in [0.2, 0.25) is 0 Å². The lowest BCUT2D eigenvalue weighted by Crippen LogP contribution is -2.13. The van der Waals surface area contributed by atoms with Gasteiger partial charge >= 0.3 is 0 Å². The lowest BCUT2D eigenvalue weighted by Gasteiger charge is -2.12. The number of hydrogen-bond acceptors (Lipinski definition) is 1. The van der Waals surface area contributed by atoms with Crippen LogP contribution in [0.2, 0.25) is 0 Å². The molecule has 0 bridgehead atoms. The van der Waals surface area contributed by atoms with Crippen molar-refractivity contribution in [3.8, 4) is 0 Å². The van der Waals surface area contributed by atoms with E-state index in [4.69, 9.17) is 0 Å². The van der Waals surface area contributed by atoms with E-state index >= 15 is 0 Å². The maximum atomic E-state index is 12.2. The number of halogens is 1. The van der Waals surface area contributed by atoms with Gasteiger partial charge in [0.05, 0.1) is 5.69 Å². The number of anilines is 1. The van der Waals surface area contributed by atoms with Crippen molar-refractivity contribution in [3.05, 3.63) is 63.1 Å². The minimum Gasteiger partial charge on any atom is -0.321 e. The summed E-state index contributed by atoms with van der Waals surface area (Å²) in [4.78, 5) is 12.2. The summed E-state index contributed by atoms with van der Waals surface area (Å²) in [6.45, 7) is 6.00. The highest BCUT2D eigenvalue weighted by atomic mass is 79.9. The van der Waals surface area contributed by atoms with E-state index < -0.39 is 0 Å². The Balaban J connectivity index is 2.29. The van der Waals surface area contributed by atoms with Crippen LogP contribution in [-0.4, -0.2) is 5.91 Å². The molecule has 1 amide bonds. The zero-order chi connectivity index (χ0) is 14.0. The fraction of sp³-hybridized carbons (Fsp3) is 0.188. The molecule has 0 aliphatic rings. The molecule has 0 unspecified atom stereocenters. The summed E-state index contributed by atoms with van der Waals surface area (Å²) in [6, 6.07) is 11.6. The molecule has 0 aliphatic heterocycles. The van der Waals surface area contributed by atoms with E-state index in [2.05, 4.69) is 27.3 Å². The number of hydrogen-bond donors (Lipinski definition) is 1. The summed E-state index contributed by atoms with van der Waals surface area (Å²) in [5, 5.41) is 2.96. The number of carbonyl (C=O) groups excluding carboxylic acids is 1. The zero-order valence-corrected chi connectivity index (χ0v) is 12.8. The third-order valence-electron chi connectivity index (χ3n) is 2.95. The number of aryl methyl sites for hydroxylation is 3. The Morgan fingerprint density at radius 1 is 1.05 bits per heavy atom. The molecular weight excluding hydrogens is 302 g/mol.